The normalized spacial score (nSPS) is 11.9. The molecule has 0 N–H and O–H groups in total. The lowest BCUT2D eigenvalue weighted by Crippen LogP contribution is -1.93. The van der Waals surface area contributed by atoms with Crippen molar-refractivity contribution >= 4 is 64.5 Å². The molecule has 0 bridgehead atoms. The topological polar surface area (TPSA) is 18.1 Å². The van der Waals surface area contributed by atoms with Gasteiger partial charge in [-0.05, 0) is 64.7 Å². The van der Waals surface area contributed by atoms with Crippen LogP contribution in [0.3, 0.4) is 0 Å². The van der Waals surface area contributed by atoms with Gasteiger partial charge in [-0.2, -0.15) is 0 Å². The zero-order chi connectivity index (χ0) is 26.9. The van der Waals surface area contributed by atoms with Crippen molar-refractivity contribution in [2.75, 3.05) is 0 Å². The van der Waals surface area contributed by atoms with Gasteiger partial charge in [0.2, 0.25) is 0 Å². The minimum Gasteiger partial charge on any atom is -0.454 e. The molecule has 6 aromatic carbocycles. The van der Waals surface area contributed by atoms with Gasteiger partial charge in [0, 0.05) is 31.2 Å². The van der Waals surface area contributed by atoms with Crippen molar-refractivity contribution in [1.82, 2.24) is 4.57 Å². The lowest BCUT2D eigenvalue weighted by Gasteiger charge is -2.10. The van der Waals surface area contributed by atoms with Crippen LogP contribution >= 0.6 is 11.3 Å². The highest BCUT2D eigenvalue weighted by Crippen LogP contribution is 2.43. The fourth-order valence-electron chi connectivity index (χ4n) is 6.34. The summed E-state index contributed by atoms with van der Waals surface area (Å²) < 4.78 is 11.6. The number of benzene rings is 6. The molecule has 0 unspecified atom stereocenters. The molecule has 0 saturated heterocycles. The van der Waals surface area contributed by atoms with Crippen molar-refractivity contribution in [2.24, 2.45) is 0 Å². The molecular weight excluding hydrogens is 518 g/mol. The summed E-state index contributed by atoms with van der Waals surface area (Å²) in [5.74, 6) is 0. The molecule has 41 heavy (non-hydrogen) atoms. The number of thiophene rings is 1. The Hall–Kier alpha value is -5.12. The Balaban J connectivity index is 1.22. The van der Waals surface area contributed by atoms with E-state index in [0.29, 0.717) is 0 Å². The van der Waals surface area contributed by atoms with Crippen molar-refractivity contribution in [2.45, 2.75) is 0 Å². The maximum atomic E-state index is 6.57. The number of fused-ring (bicyclic) bond motifs is 8. The molecule has 9 aromatic rings. The molecule has 0 amide bonds. The van der Waals surface area contributed by atoms with Gasteiger partial charge in [0.15, 0.2) is 5.58 Å². The molecule has 0 saturated carbocycles. The van der Waals surface area contributed by atoms with Crippen LogP contribution in [0.2, 0.25) is 0 Å². The molecule has 3 heterocycles. The highest BCUT2D eigenvalue weighted by molar-refractivity contribution is 7.25. The maximum absolute atomic E-state index is 6.57. The van der Waals surface area contributed by atoms with Crippen molar-refractivity contribution in [3.63, 3.8) is 0 Å². The van der Waals surface area contributed by atoms with Crippen molar-refractivity contribution in [3.05, 3.63) is 140 Å². The van der Waals surface area contributed by atoms with E-state index in [1.165, 1.54) is 42.4 Å². The van der Waals surface area contributed by atoms with Gasteiger partial charge in [0.05, 0.1) is 10.9 Å². The summed E-state index contributed by atoms with van der Waals surface area (Å²) >= 11 is 1.86. The summed E-state index contributed by atoms with van der Waals surface area (Å²) in [5, 5.41) is 4.93. The van der Waals surface area contributed by atoms with Crippen LogP contribution in [0.15, 0.2) is 144 Å². The van der Waals surface area contributed by atoms with E-state index in [9.17, 15) is 0 Å². The van der Waals surface area contributed by atoms with E-state index >= 15 is 0 Å². The number of rotatable bonds is 3. The Bertz CT molecular complexity index is 2410. The first-order valence-corrected chi connectivity index (χ1v) is 14.7. The third-order valence-electron chi connectivity index (χ3n) is 8.23. The number of nitrogens with zero attached hydrogens (tertiary/aromatic N) is 1. The highest BCUT2D eigenvalue weighted by Gasteiger charge is 2.21. The standard InChI is InChI=1S/C38H23NOS/c1-2-9-27(10-3-1)39-32-14-6-4-12-31(32)38-37(39)36-28(13-8-15-33(36)40-38)25-19-17-24(18-20-25)26-21-22-30-29-11-5-7-16-34(29)41-35(30)23-26/h1-23H. The predicted octanol–water partition coefficient (Wildman–Crippen LogP) is 11.2. The average molecular weight is 542 g/mol. The summed E-state index contributed by atoms with van der Waals surface area (Å²) in [4.78, 5) is 0. The largest absolute Gasteiger partial charge is 0.454 e. The third-order valence-corrected chi connectivity index (χ3v) is 9.36. The molecule has 3 aromatic heterocycles. The summed E-state index contributed by atoms with van der Waals surface area (Å²) in [6, 6.07) is 49.9. The Morgan fingerprint density at radius 2 is 1.22 bits per heavy atom. The summed E-state index contributed by atoms with van der Waals surface area (Å²) in [6.45, 7) is 0. The molecule has 0 atom stereocenters. The highest BCUT2D eigenvalue weighted by atomic mass is 32.1. The molecule has 0 aliphatic rings. The van der Waals surface area contributed by atoms with E-state index in [1.54, 1.807) is 0 Å². The third kappa shape index (κ3) is 3.36. The first-order valence-electron chi connectivity index (χ1n) is 13.9. The quantitative estimate of drug-likeness (QED) is 0.217. The average Bonchev–Trinajstić information content (AvgIpc) is 3.70. The van der Waals surface area contributed by atoms with E-state index in [-0.39, 0.29) is 0 Å². The molecule has 0 aliphatic heterocycles. The van der Waals surface area contributed by atoms with Gasteiger partial charge >= 0.3 is 0 Å². The second-order valence-electron chi connectivity index (χ2n) is 10.5. The minimum absolute atomic E-state index is 0.905. The first-order chi connectivity index (χ1) is 20.3. The van der Waals surface area contributed by atoms with Crippen molar-refractivity contribution < 1.29 is 4.42 Å². The Morgan fingerprint density at radius 3 is 2.10 bits per heavy atom. The first kappa shape index (κ1) is 22.7. The fourth-order valence-corrected chi connectivity index (χ4v) is 7.49. The molecule has 3 heteroatoms. The molecule has 0 aliphatic carbocycles. The zero-order valence-corrected chi connectivity index (χ0v) is 22.9. The van der Waals surface area contributed by atoms with E-state index in [1.807, 2.05) is 11.3 Å². The van der Waals surface area contributed by atoms with Gasteiger partial charge in [-0.1, -0.05) is 97.1 Å². The van der Waals surface area contributed by atoms with E-state index in [2.05, 4.69) is 144 Å². The van der Waals surface area contributed by atoms with Crippen LogP contribution in [0.25, 0.3) is 81.1 Å². The lowest BCUT2D eigenvalue weighted by atomic mass is 9.97. The van der Waals surface area contributed by atoms with E-state index in [4.69, 9.17) is 4.42 Å². The summed E-state index contributed by atoms with van der Waals surface area (Å²) in [6.07, 6.45) is 0. The zero-order valence-electron chi connectivity index (χ0n) is 22.0. The number of para-hydroxylation sites is 2. The van der Waals surface area contributed by atoms with Crippen LogP contribution in [0.5, 0.6) is 0 Å². The van der Waals surface area contributed by atoms with Crippen LogP contribution in [-0.2, 0) is 0 Å². The molecule has 0 spiro atoms. The van der Waals surface area contributed by atoms with Crippen molar-refractivity contribution in [1.29, 1.82) is 0 Å². The Labute approximate surface area is 240 Å². The van der Waals surface area contributed by atoms with E-state index < -0.39 is 0 Å². The second-order valence-corrected chi connectivity index (χ2v) is 11.6. The number of hydrogen-bond donors (Lipinski definition) is 0. The van der Waals surface area contributed by atoms with Gasteiger partial charge in [-0.15, -0.1) is 11.3 Å². The Kier molecular flexibility index (Phi) is 4.80. The monoisotopic (exact) mass is 541 g/mol. The number of hydrogen-bond acceptors (Lipinski definition) is 2. The maximum Gasteiger partial charge on any atom is 0.161 e. The van der Waals surface area contributed by atoms with Gasteiger partial charge in [-0.25, -0.2) is 0 Å². The van der Waals surface area contributed by atoms with Crippen LogP contribution in [0.4, 0.5) is 0 Å². The van der Waals surface area contributed by atoms with Crippen LogP contribution in [0.1, 0.15) is 0 Å². The Morgan fingerprint density at radius 1 is 0.512 bits per heavy atom. The van der Waals surface area contributed by atoms with Gasteiger partial charge in [0.1, 0.15) is 11.1 Å². The van der Waals surface area contributed by atoms with Crippen LogP contribution < -0.4 is 0 Å². The van der Waals surface area contributed by atoms with Gasteiger partial charge in [0.25, 0.3) is 0 Å². The molecule has 192 valence electrons. The van der Waals surface area contributed by atoms with E-state index in [0.717, 1.165) is 38.7 Å². The molecule has 9 rings (SSSR count). The SMILES string of the molecule is c1ccc(-n2c3ccccc3c3oc4cccc(-c5ccc(-c6ccc7c(c6)sc6ccccc67)cc5)c4c32)cc1. The predicted molar refractivity (Wildman–Crippen MR) is 174 cm³/mol. The van der Waals surface area contributed by atoms with Crippen LogP contribution in [-0.4, -0.2) is 4.57 Å². The van der Waals surface area contributed by atoms with Crippen LogP contribution in [0, 0.1) is 0 Å². The minimum atomic E-state index is 0.905. The smallest absolute Gasteiger partial charge is 0.161 e. The summed E-state index contributed by atoms with van der Waals surface area (Å²) in [5.41, 5.74) is 10.0. The molecule has 2 nitrogen and oxygen atoms in total. The fraction of sp³-hybridized carbons (Fsp3) is 0. The number of furan rings is 1. The second kappa shape index (κ2) is 8.69. The lowest BCUT2D eigenvalue weighted by molar-refractivity contribution is 0.673. The number of aromatic nitrogens is 1. The molecule has 0 radical (unpaired) electrons. The molecular formula is C38H23NOS. The van der Waals surface area contributed by atoms with Crippen molar-refractivity contribution in [3.8, 4) is 27.9 Å². The summed E-state index contributed by atoms with van der Waals surface area (Å²) in [7, 11) is 0. The van der Waals surface area contributed by atoms with Gasteiger partial charge < -0.3 is 8.98 Å². The molecule has 0 fully saturated rings. The van der Waals surface area contributed by atoms with Gasteiger partial charge in [-0.3, -0.25) is 0 Å².